The van der Waals surface area contributed by atoms with E-state index in [1.165, 1.54) is 25.5 Å². The molecule has 3 heterocycles. The van der Waals surface area contributed by atoms with Gasteiger partial charge in [0.2, 0.25) is 12.3 Å². The summed E-state index contributed by atoms with van der Waals surface area (Å²) in [5, 5.41) is 7.38. The van der Waals surface area contributed by atoms with E-state index in [4.69, 9.17) is 0 Å². The van der Waals surface area contributed by atoms with Crippen LogP contribution in [0.3, 0.4) is 0 Å². The van der Waals surface area contributed by atoms with E-state index in [-0.39, 0.29) is 22.6 Å². The van der Waals surface area contributed by atoms with Gasteiger partial charge in [-0.2, -0.15) is 0 Å². The first-order chi connectivity index (χ1) is 21.8. The summed E-state index contributed by atoms with van der Waals surface area (Å²) in [5.74, 6) is -0.0183. The van der Waals surface area contributed by atoms with Crippen LogP contribution in [0, 0.1) is 5.41 Å². The number of nitrogens with two attached hydrogens (primary N) is 1. The van der Waals surface area contributed by atoms with Gasteiger partial charge < -0.3 is 26.3 Å². The molecule has 1 unspecified atom stereocenters. The van der Waals surface area contributed by atoms with Crippen molar-refractivity contribution in [2.45, 2.75) is 104 Å². The Kier molecular flexibility index (Phi) is 15.5. The Morgan fingerprint density at radius 1 is 1.04 bits per heavy atom. The molecule has 2 amide bonds. The number of piperidine rings is 1. The number of nitrogens with one attached hydrogen (secondary N) is 3. The van der Waals surface area contributed by atoms with Crippen molar-refractivity contribution in [1.82, 2.24) is 15.6 Å². The van der Waals surface area contributed by atoms with E-state index in [0.29, 0.717) is 6.42 Å². The molecule has 248 valence electrons. The lowest BCUT2D eigenvalue weighted by Gasteiger charge is -2.35. The molecule has 2 aliphatic heterocycles. The highest BCUT2D eigenvalue weighted by atomic mass is 16.2. The summed E-state index contributed by atoms with van der Waals surface area (Å²) in [4.78, 5) is 41.4. The van der Waals surface area contributed by atoms with E-state index in [9.17, 15) is 14.4 Å². The number of carbonyl (C=O) groups is 3. The monoisotopic (exact) mass is 619 g/mol. The molecule has 5 N–H and O–H groups in total. The van der Waals surface area contributed by atoms with E-state index >= 15 is 0 Å². The second-order valence-electron chi connectivity index (χ2n) is 12.0. The van der Waals surface area contributed by atoms with Gasteiger partial charge in [-0.05, 0) is 82.4 Å². The largest absolute Gasteiger partial charge is 0.361 e. The second kappa shape index (κ2) is 18.5. The fourth-order valence-electron chi connectivity index (χ4n) is 6.30. The molecule has 2 atom stereocenters. The number of anilines is 1. The van der Waals surface area contributed by atoms with Crippen molar-refractivity contribution in [1.29, 1.82) is 0 Å². The summed E-state index contributed by atoms with van der Waals surface area (Å²) in [6.45, 7) is 13.6. The van der Waals surface area contributed by atoms with Crippen molar-refractivity contribution in [2.75, 3.05) is 25.0 Å². The van der Waals surface area contributed by atoms with E-state index in [2.05, 4.69) is 53.4 Å². The van der Waals surface area contributed by atoms with Crippen LogP contribution >= 0.6 is 0 Å². The van der Waals surface area contributed by atoms with Crippen molar-refractivity contribution in [3.05, 3.63) is 65.9 Å². The number of ketones is 1. The van der Waals surface area contributed by atoms with E-state index in [0.717, 1.165) is 73.8 Å². The molecule has 8 heteroatoms. The molecular formula is C37H57N5O3. The summed E-state index contributed by atoms with van der Waals surface area (Å²) in [7, 11) is 1.50. The third-order valence-corrected chi connectivity index (χ3v) is 9.19. The molecule has 2 aromatic carbocycles. The summed E-state index contributed by atoms with van der Waals surface area (Å²) in [6, 6.07) is 15.8. The van der Waals surface area contributed by atoms with Crippen molar-refractivity contribution < 1.29 is 14.4 Å². The number of hydrogen-bond donors (Lipinski definition) is 4. The molecule has 0 saturated carbocycles. The molecule has 1 saturated heterocycles. The topological polar surface area (TPSA) is 120 Å². The summed E-state index contributed by atoms with van der Waals surface area (Å²) in [6.07, 6.45) is 10.6. The van der Waals surface area contributed by atoms with Gasteiger partial charge in [0, 0.05) is 34.6 Å². The number of nitrogens with zero attached hydrogens (tertiary/aromatic N) is 1. The number of benzene rings is 2. The zero-order valence-electron chi connectivity index (χ0n) is 28.7. The van der Waals surface area contributed by atoms with Crippen molar-refractivity contribution in [3.8, 4) is 0 Å². The molecule has 2 aliphatic rings. The molecule has 0 aliphatic carbocycles. The van der Waals surface area contributed by atoms with Crippen molar-refractivity contribution in [3.63, 3.8) is 0 Å². The Labute approximate surface area is 270 Å². The zero-order valence-corrected chi connectivity index (χ0v) is 28.7. The molecule has 3 aromatic rings. The number of Topliss-reactive ketones (excluding diaryl/α,β-unsaturated/α-hetero) is 1. The first kappa shape index (κ1) is 37.7. The standard InChI is InChI=1S/C19H25N3O2.C15H21NO.C2H6.CH5N/c1-13(23)17(22-18(24)19(2)7-9-20-10-8-19)11-14-12-21-16-6-4-3-5-15(14)16;1-3-5-10-15(4-2)11-13-8-6-7-9-14(13)16(15)12-17;2*1-2/h3-6,12,17,20-21H,7-11H2,1-2H3,(H,22,24);6-9,12H,3-5,10-11H2,1-2H3;1-2H3;2H2,1H3/t17-;;;/m1.../s1. The molecule has 5 rings (SSSR count). The summed E-state index contributed by atoms with van der Waals surface area (Å²) in [5.41, 5.74) is 8.67. The van der Waals surface area contributed by atoms with Gasteiger partial charge in [-0.3, -0.25) is 14.4 Å². The number of rotatable bonds is 10. The minimum Gasteiger partial charge on any atom is -0.361 e. The first-order valence-corrected chi connectivity index (χ1v) is 16.7. The van der Waals surface area contributed by atoms with E-state index in [1.54, 1.807) is 6.92 Å². The normalized spacial score (nSPS) is 18.5. The average Bonchev–Trinajstić information content (AvgIpc) is 3.64. The first-order valence-electron chi connectivity index (χ1n) is 16.7. The van der Waals surface area contributed by atoms with Crippen LogP contribution in [-0.2, 0) is 27.2 Å². The van der Waals surface area contributed by atoms with Gasteiger partial charge in [-0.1, -0.05) is 83.9 Å². The number of aromatic nitrogens is 1. The van der Waals surface area contributed by atoms with Crippen LogP contribution in [0.25, 0.3) is 10.9 Å². The van der Waals surface area contributed by atoms with Gasteiger partial charge >= 0.3 is 0 Å². The number of H-pyrrole nitrogens is 1. The highest BCUT2D eigenvalue weighted by Crippen LogP contribution is 2.42. The number of hydrogen-bond acceptors (Lipinski definition) is 5. The number of carbonyl (C=O) groups excluding carboxylic acids is 3. The Bertz CT molecular complexity index is 1350. The summed E-state index contributed by atoms with van der Waals surface area (Å²) >= 11 is 0. The Balaban J connectivity index is 0.000000296. The molecule has 0 radical (unpaired) electrons. The highest BCUT2D eigenvalue weighted by molar-refractivity contribution is 5.91. The molecule has 0 spiro atoms. The van der Waals surface area contributed by atoms with Gasteiger partial charge in [-0.25, -0.2) is 0 Å². The Morgan fingerprint density at radius 3 is 2.31 bits per heavy atom. The van der Waals surface area contributed by atoms with Crippen LogP contribution in [0.5, 0.6) is 0 Å². The zero-order chi connectivity index (χ0) is 33.5. The minimum absolute atomic E-state index is 0.00818. The van der Waals surface area contributed by atoms with Gasteiger partial charge in [0.1, 0.15) is 0 Å². The van der Waals surface area contributed by atoms with Gasteiger partial charge in [0.05, 0.1) is 11.6 Å². The molecule has 1 aromatic heterocycles. The third kappa shape index (κ3) is 9.27. The lowest BCUT2D eigenvalue weighted by molar-refractivity contribution is -0.134. The van der Waals surface area contributed by atoms with E-state index in [1.807, 2.05) is 62.2 Å². The van der Waals surface area contributed by atoms with Crippen molar-refractivity contribution in [2.24, 2.45) is 11.1 Å². The van der Waals surface area contributed by atoms with Crippen LogP contribution in [0.1, 0.15) is 91.2 Å². The highest BCUT2D eigenvalue weighted by Gasteiger charge is 2.41. The number of aromatic amines is 1. The van der Waals surface area contributed by atoms with Crippen LogP contribution in [-0.4, -0.2) is 54.8 Å². The van der Waals surface area contributed by atoms with Crippen LogP contribution in [0.4, 0.5) is 5.69 Å². The van der Waals surface area contributed by atoms with Crippen LogP contribution in [0.2, 0.25) is 0 Å². The number of amides is 2. The van der Waals surface area contributed by atoms with Gasteiger partial charge in [-0.15, -0.1) is 0 Å². The lowest BCUT2D eigenvalue weighted by Crippen LogP contribution is -2.51. The average molecular weight is 620 g/mol. The molecule has 0 bridgehead atoms. The quantitative estimate of drug-likeness (QED) is 0.198. The Hall–Kier alpha value is -3.49. The molecule has 45 heavy (non-hydrogen) atoms. The third-order valence-electron chi connectivity index (χ3n) is 9.19. The maximum Gasteiger partial charge on any atom is 0.226 e. The Morgan fingerprint density at radius 2 is 1.69 bits per heavy atom. The predicted molar refractivity (Wildman–Crippen MR) is 188 cm³/mol. The van der Waals surface area contributed by atoms with Crippen molar-refractivity contribution >= 4 is 34.7 Å². The maximum absolute atomic E-state index is 12.7. The molecule has 1 fully saturated rings. The van der Waals surface area contributed by atoms with Gasteiger partial charge in [0.25, 0.3) is 0 Å². The fourth-order valence-corrected chi connectivity index (χ4v) is 6.30. The molecule has 8 nitrogen and oxygen atoms in total. The molecular weight excluding hydrogens is 562 g/mol. The fraction of sp³-hybridized carbons (Fsp3) is 0.541. The van der Waals surface area contributed by atoms with Crippen LogP contribution < -0.4 is 21.3 Å². The maximum atomic E-state index is 12.7. The second-order valence-corrected chi connectivity index (χ2v) is 12.0. The lowest BCUT2D eigenvalue weighted by atomic mass is 9.80. The predicted octanol–water partition coefficient (Wildman–Crippen LogP) is 6.32. The number of fused-ring (bicyclic) bond motifs is 2. The van der Waals surface area contributed by atoms with E-state index < -0.39 is 6.04 Å². The minimum atomic E-state index is -0.483. The van der Waals surface area contributed by atoms with Crippen LogP contribution in [0.15, 0.2) is 54.7 Å². The number of unbranched alkanes of at least 4 members (excludes halogenated alkanes) is 1. The smallest absolute Gasteiger partial charge is 0.226 e. The van der Waals surface area contributed by atoms with Gasteiger partial charge in [0.15, 0.2) is 5.78 Å². The summed E-state index contributed by atoms with van der Waals surface area (Å²) < 4.78 is 0. The number of para-hydroxylation sites is 2. The SMILES string of the molecule is CC.CC(=O)[C@@H](Cc1c[nH]c2ccccc12)NC(=O)C1(C)CCNCC1.CCCCC1(CC)Cc2ccccc2N1C=O.CN.